The predicted molar refractivity (Wildman–Crippen MR) is 101 cm³/mol. The second-order valence-corrected chi connectivity index (χ2v) is 6.96. The largest absolute Gasteiger partial charge is 0.351 e. The molecule has 0 saturated heterocycles. The van der Waals surface area contributed by atoms with Crippen LogP contribution in [0.4, 0.5) is 9.52 Å². The molecule has 0 saturated carbocycles. The maximum absolute atomic E-state index is 13.0. The molecule has 0 aliphatic carbocycles. The first kappa shape index (κ1) is 18.3. The van der Waals surface area contributed by atoms with Gasteiger partial charge in [0.05, 0.1) is 20.8 Å². The van der Waals surface area contributed by atoms with Gasteiger partial charge in [-0.3, -0.25) is 14.5 Å². The molecular formula is C18H15ClFN3O2S. The fraction of sp³-hybridized carbons (Fsp3) is 0.167. The van der Waals surface area contributed by atoms with Crippen molar-refractivity contribution in [1.29, 1.82) is 0 Å². The number of nitrogens with zero attached hydrogens (tertiary/aromatic N) is 2. The van der Waals surface area contributed by atoms with Crippen molar-refractivity contribution in [3.63, 3.8) is 0 Å². The summed E-state index contributed by atoms with van der Waals surface area (Å²) < 4.78 is 14.0. The van der Waals surface area contributed by atoms with Crippen LogP contribution in [0, 0.1) is 5.82 Å². The third-order valence-electron chi connectivity index (χ3n) is 3.74. The molecule has 0 fully saturated rings. The summed E-state index contributed by atoms with van der Waals surface area (Å²) in [5.74, 6) is -1.14. The lowest BCUT2D eigenvalue weighted by Crippen LogP contribution is -2.32. The molecule has 3 rings (SSSR count). The van der Waals surface area contributed by atoms with E-state index in [0.29, 0.717) is 5.13 Å². The maximum Gasteiger partial charge on any atom is 0.252 e. The summed E-state index contributed by atoms with van der Waals surface area (Å²) in [4.78, 5) is 30.3. The minimum atomic E-state index is -0.515. The van der Waals surface area contributed by atoms with Gasteiger partial charge in [-0.05, 0) is 30.3 Å². The summed E-state index contributed by atoms with van der Waals surface area (Å²) >= 11 is 7.28. The Morgan fingerprint density at radius 3 is 2.77 bits per heavy atom. The average Bonchev–Trinajstić information content (AvgIpc) is 3.04. The Labute approximate surface area is 158 Å². The molecule has 3 aromatic rings. The molecule has 26 heavy (non-hydrogen) atoms. The summed E-state index contributed by atoms with van der Waals surface area (Å²) in [5, 5.41) is 3.24. The molecule has 0 aliphatic heterocycles. The lowest BCUT2D eigenvalue weighted by molar-refractivity contribution is -0.118. The van der Waals surface area contributed by atoms with E-state index in [0.717, 1.165) is 22.3 Å². The number of thiazole rings is 1. The fourth-order valence-electron chi connectivity index (χ4n) is 2.33. The van der Waals surface area contributed by atoms with Crippen molar-refractivity contribution in [2.75, 3.05) is 18.5 Å². The molecule has 0 aliphatic rings. The van der Waals surface area contributed by atoms with Gasteiger partial charge in [-0.15, -0.1) is 0 Å². The zero-order valence-corrected chi connectivity index (χ0v) is 15.4. The van der Waals surface area contributed by atoms with Gasteiger partial charge in [0.1, 0.15) is 5.82 Å². The van der Waals surface area contributed by atoms with Gasteiger partial charge >= 0.3 is 0 Å². The Morgan fingerprint density at radius 2 is 2.04 bits per heavy atom. The van der Waals surface area contributed by atoms with Crippen LogP contribution < -0.4 is 10.2 Å². The van der Waals surface area contributed by atoms with Crippen molar-refractivity contribution in [3.05, 3.63) is 58.9 Å². The number of fused-ring (bicyclic) bond motifs is 1. The van der Waals surface area contributed by atoms with Crippen LogP contribution in [0.25, 0.3) is 10.2 Å². The molecule has 8 heteroatoms. The third-order valence-corrected chi connectivity index (χ3v) is 5.17. The second kappa shape index (κ2) is 7.80. The van der Waals surface area contributed by atoms with Crippen molar-refractivity contribution >= 4 is 50.1 Å². The van der Waals surface area contributed by atoms with Gasteiger partial charge in [0.2, 0.25) is 5.91 Å². The van der Waals surface area contributed by atoms with Crippen LogP contribution in [-0.4, -0.2) is 30.4 Å². The lowest BCUT2D eigenvalue weighted by Gasteiger charge is -2.14. The number of benzene rings is 2. The van der Waals surface area contributed by atoms with Gasteiger partial charge < -0.3 is 5.32 Å². The van der Waals surface area contributed by atoms with E-state index >= 15 is 0 Å². The van der Waals surface area contributed by atoms with Gasteiger partial charge in [0.15, 0.2) is 5.13 Å². The Bertz CT molecular complexity index is 943. The normalized spacial score (nSPS) is 10.7. The molecule has 0 unspecified atom stereocenters. The number of anilines is 1. The lowest BCUT2D eigenvalue weighted by atomic mass is 10.2. The highest BCUT2D eigenvalue weighted by molar-refractivity contribution is 7.22. The summed E-state index contributed by atoms with van der Waals surface area (Å²) in [6.45, 7) is 0.139. The number of halogens is 2. The zero-order chi connectivity index (χ0) is 18.7. The molecular weight excluding hydrogens is 377 g/mol. The van der Waals surface area contributed by atoms with Gasteiger partial charge in [0, 0.05) is 20.0 Å². The van der Waals surface area contributed by atoms with Crippen LogP contribution in [0.1, 0.15) is 16.8 Å². The van der Waals surface area contributed by atoms with E-state index in [-0.39, 0.29) is 29.5 Å². The van der Waals surface area contributed by atoms with E-state index in [2.05, 4.69) is 10.3 Å². The highest BCUT2D eigenvalue weighted by Gasteiger charge is 2.16. The Morgan fingerprint density at radius 1 is 1.27 bits per heavy atom. The molecule has 5 nitrogen and oxygen atoms in total. The predicted octanol–water partition coefficient (Wildman–Crippen LogP) is 3.87. The van der Waals surface area contributed by atoms with Crippen LogP contribution in [0.5, 0.6) is 0 Å². The monoisotopic (exact) mass is 391 g/mol. The second-order valence-electron chi connectivity index (χ2n) is 5.55. The number of rotatable bonds is 5. The van der Waals surface area contributed by atoms with E-state index in [1.165, 1.54) is 22.3 Å². The molecule has 1 aromatic heterocycles. The summed E-state index contributed by atoms with van der Waals surface area (Å²) in [7, 11) is 1.65. The number of hydrogen-bond donors (Lipinski definition) is 1. The molecule has 2 aromatic carbocycles. The van der Waals surface area contributed by atoms with Gasteiger partial charge in [-0.2, -0.15) is 0 Å². The highest BCUT2D eigenvalue weighted by Crippen LogP contribution is 2.28. The van der Waals surface area contributed by atoms with E-state index in [4.69, 9.17) is 11.6 Å². The molecule has 0 spiro atoms. The van der Waals surface area contributed by atoms with Crippen molar-refractivity contribution in [2.45, 2.75) is 6.42 Å². The minimum absolute atomic E-state index is 0.0282. The van der Waals surface area contributed by atoms with Gasteiger partial charge in [-0.1, -0.05) is 35.1 Å². The molecule has 2 amide bonds. The Kier molecular flexibility index (Phi) is 5.49. The third kappa shape index (κ3) is 4.00. The van der Waals surface area contributed by atoms with Crippen LogP contribution in [0.15, 0.2) is 42.5 Å². The molecule has 1 heterocycles. The molecule has 1 N–H and O–H groups in total. The van der Waals surface area contributed by atoms with E-state index in [9.17, 15) is 14.0 Å². The first-order valence-corrected chi connectivity index (χ1v) is 9.00. The number of hydrogen-bond acceptors (Lipinski definition) is 4. The number of aromatic nitrogens is 1. The molecule has 0 radical (unpaired) electrons. The zero-order valence-electron chi connectivity index (χ0n) is 13.8. The number of amides is 2. The van der Waals surface area contributed by atoms with Gasteiger partial charge in [-0.25, -0.2) is 9.37 Å². The number of carbonyl (C=O) groups is 2. The first-order chi connectivity index (χ1) is 12.5. The highest BCUT2D eigenvalue weighted by atomic mass is 35.5. The maximum atomic E-state index is 13.0. The van der Waals surface area contributed by atoms with Crippen LogP contribution >= 0.6 is 22.9 Å². The smallest absolute Gasteiger partial charge is 0.252 e. The molecule has 0 bridgehead atoms. The summed E-state index contributed by atoms with van der Waals surface area (Å²) in [5.41, 5.74) is 1.01. The first-order valence-electron chi connectivity index (χ1n) is 7.81. The molecule has 134 valence electrons. The van der Waals surface area contributed by atoms with Crippen molar-refractivity contribution in [3.8, 4) is 0 Å². The van der Waals surface area contributed by atoms with Crippen molar-refractivity contribution < 1.29 is 14.0 Å². The number of nitrogens with one attached hydrogen (secondary N) is 1. The van der Waals surface area contributed by atoms with Crippen LogP contribution in [0.2, 0.25) is 5.02 Å². The minimum Gasteiger partial charge on any atom is -0.351 e. The SMILES string of the molecule is CN(C(=O)CCNC(=O)c1ccc(F)cc1Cl)c1nc2ccccc2s1. The quantitative estimate of drug-likeness (QED) is 0.718. The van der Waals surface area contributed by atoms with E-state index in [1.807, 2.05) is 24.3 Å². The van der Waals surface area contributed by atoms with Crippen molar-refractivity contribution in [1.82, 2.24) is 10.3 Å². The number of carbonyl (C=O) groups excluding carboxylic acids is 2. The summed E-state index contributed by atoms with van der Waals surface area (Å²) in [6, 6.07) is 11.2. The molecule has 0 atom stereocenters. The Hall–Kier alpha value is -2.51. The van der Waals surface area contributed by atoms with Crippen molar-refractivity contribution in [2.24, 2.45) is 0 Å². The Balaban J connectivity index is 1.57. The van der Waals surface area contributed by atoms with Gasteiger partial charge in [0.25, 0.3) is 5.91 Å². The fourth-order valence-corrected chi connectivity index (χ4v) is 3.53. The van der Waals surface area contributed by atoms with Crippen LogP contribution in [0.3, 0.4) is 0 Å². The van der Waals surface area contributed by atoms with E-state index < -0.39 is 11.7 Å². The summed E-state index contributed by atoms with van der Waals surface area (Å²) in [6.07, 6.45) is 0.108. The topological polar surface area (TPSA) is 62.3 Å². The average molecular weight is 392 g/mol. The number of para-hydroxylation sites is 1. The van der Waals surface area contributed by atoms with Crippen LogP contribution in [-0.2, 0) is 4.79 Å². The van der Waals surface area contributed by atoms with E-state index in [1.54, 1.807) is 7.05 Å². The standard InChI is InChI=1S/C18H15ClFN3O2S/c1-23(18-22-14-4-2-3-5-15(14)26-18)16(24)8-9-21-17(25)12-7-6-11(20)10-13(12)19/h2-7,10H,8-9H2,1H3,(H,21,25).